The van der Waals surface area contributed by atoms with Gasteiger partial charge in [-0.15, -0.1) is 0 Å². The van der Waals surface area contributed by atoms with Crippen LogP contribution in [-0.4, -0.2) is 38.5 Å². The molecule has 156 valence electrons. The fourth-order valence-electron chi connectivity index (χ4n) is 3.13. The third-order valence-electron chi connectivity index (χ3n) is 4.44. The number of halogens is 3. The summed E-state index contributed by atoms with van der Waals surface area (Å²) in [6.45, 7) is -0.343. The topological polar surface area (TPSA) is 104 Å². The third-order valence-corrected chi connectivity index (χ3v) is 5.86. The molecule has 7 nitrogen and oxygen atoms in total. The molecule has 0 saturated heterocycles. The molecule has 0 spiro atoms. The number of nitrogens with one attached hydrogen (secondary N) is 3. The van der Waals surface area contributed by atoms with Crippen LogP contribution in [0.1, 0.15) is 39.0 Å². The molecule has 11 heteroatoms. The molecule has 28 heavy (non-hydrogen) atoms. The molecule has 1 aliphatic rings. The van der Waals surface area contributed by atoms with E-state index >= 15 is 0 Å². The molecule has 0 bridgehead atoms. The summed E-state index contributed by atoms with van der Waals surface area (Å²) in [6, 6.07) is 4.76. The fraction of sp³-hybridized carbons (Fsp3) is 0.529. The lowest BCUT2D eigenvalue weighted by molar-refractivity contribution is -0.130. The Hall–Kier alpha value is -2.14. The van der Waals surface area contributed by atoms with E-state index in [0.29, 0.717) is 12.8 Å². The number of sulfonamides is 1. The standard InChI is InChI=1S/C17H22F3N3O4S/c1-12(24)23-16(9-3-2-4-10-16)15(25)22-13-5-7-14(8-6-13)28(26,27)21-11-17(18,19)20/h5-8,21H,2-4,9-11H2,1H3,(H,22,25)(H,23,24). The Bertz CT molecular complexity index is 817. The predicted molar refractivity (Wildman–Crippen MR) is 95.9 cm³/mol. The summed E-state index contributed by atoms with van der Waals surface area (Å²) in [5.74, 6) is -0.734. The minimum atomic E-state index is -4.67. The fourth-order valence-corrected chi connectivity index (χ4v) is 4.14. The Labute approximate surface area is 161 Å². The first-order chi connectivity index (χ1) is 12.9. The first-order valence-corrected chi connectivity index (χ1v) is 10.2. The van der Waals surface area contributed by atoms with Crippen LogP contribution in [0, 0.1) is 0 Å². The highest BCUT2D eigenvalue weighted by Gasteiger charge is 2.40. The summed E-state index contributed by atoms with van der Waals surface area (Å²) in [4.78, 5) is 23.9. The molecule has 1 fully saturated rings. The summed E-state index contributed by atoms with van der Waals surface area (Å²) < 4.78 is 61.9. The molecule has 1 saturated carbocycles. The third kappa shape index (κ3) is 5.93. The molecule has 0 aromatic heterocycles. The molecule has 0 aliphatic heterocycles. The van der Waals surface area contributed by atoms with Gasteiger partial charge in [0.1, 0.15) is 12.1 Å². The maximum absolute atomic E-state index is 12.7. The number of carbonyl (C=O) groups excluding carboxylic acids is 2. The summed E-state index contributed by atoms with van der Waals surface area (Å²) in [5.41, 5.74) is -0.751. The van der Waals surface area contributed by atoms with Gasteiger partial charge in [-0.25, -0.2) is 13.1 Å². The van der Waals surface area contributed by atoms with Crippen molar-refractivity contribution in [3.05, 3.63) is 24.3 Å². The van der Waals surface area contributed by atoms with Crippen LogP contribution >= 0.6 is 0 Å². The van der Waals surface area contributed by atoms with E-state index in [9.17, 15) is 31.2 Å². The number of benzene rings is 1. The highest BCUT2D eigenvalue weighted by atomic mass is 32.2. The van der Waals surface area contributed by atoms with Crippen LogP contribution in [0.2, 0.25) is 0 Å². The predicted octanol–water partition coefficient (Wildman–Crippen LogP) is 2.30. The zero-order valence-corrected chi connectivity index (χ0v) is 16.0. The van der Waals surface area contributed by atoms with Crippen LogP contribution in [0.5, 0.6) is 0 Å². The van der Waals surface area contributed by atoms with Crippen molar-refractivity contribution in [1.29, 1.82) is 0 Å². The SMILES string of the molecule is CC(=O)NC1(C(=O)Nc2ccc(S(=O)(=O)NCC(F)(F)F)cc2)CCCCC1. The zero-order valence-electron chi connectivity index (χ0n) is 15.2. The van der Waals surface area contributed by atoms with Crippen molar-refractivity contribution in [2.75, 3.05) is 11.9 Å². The minimum absolute atomic E-state index is 0.273. The van der Waals surface area contributed by atoms with E-state index in [0.717, 1.165) is 31.4 Å². The molecule has 3 N–H and O–H groups in total. The van der Waals surface area contributed by atoms with Gasteiger partial charge in [-0.1, -0.05) is 19.3 Å². The van der Waals surface area contributed by atoms with E-state index in [-0.39, 0.29) is 16.5 Å². The smallest absolute Gasteiger partial charge is 0.342 e. The summed E-state index contributed by atoms with van der Waals surface area (Å²) in [7, 11) is -4.33. The largest absolute Gasteiger partial charge is 0.402 e. The van der Waals surface area contributed by atoms with E-state index in [1.54, 1.807) is 0 Å². The highest BCUT2D eigenvalue weighted by Crippen LogP contribution is 2.30. The van der Waals surface area contributed by atoms with Gasteiger partial charge in [0.05, 0.1) is 4.90 Å². The van der Waals surface area contributed by atoms with Gasteiger partial charge in [0.15, 0.2) is 0 Å². The van der Waals surface area contributed by atoms with Crippen LogP contribution in [0.4, 0.5) is 18.9 Å². The zero-order chi connectivity index (χ0) is 21.0. The normalized spacial score (nSPS) is 17.0. The number of carbonyl (C=O) groups is 2. The Morgan fingerprint density at radius 1 is 1.07 bits per heavy atom. The van der Waals surface area contributed by atoms with Crippen molar-refractivity contribution < 1.29 is 31.2 Å². The minimum Gasteiger partial charge on any atom is -0.342 e. The molecular formula is C17H22F3N3O4S. The van der Waals surface area contributed by atoms with Gasteiger partial charge < -0.3 is 10.6 Å². The lowest BCUT2D eigenvalue weighted by Crippen LogP contribution is -2.57. The Balaban J connectivity index is 2.10. The molecular weight excluding hydrogens is 399 g/mol. The number of amides is 2. The lowest BCUT2D eigenvalue weighted by atomic mass is 9.80. The second-order valence-electron chi connectivity index (χ2n) is 6.74. The Morgan fingerprint density at radius 3 is 2.14 bits per heavy atom. The van der Waals surface area contributed by atoms with Crippen LogP contribution in [0.15, 0.2) is 29.2 Å². The Morgan fingerprint density at radius 2 is 1.64 bits per heavy atom. The van der Waals surface area contributed by atoms with E-state index in [1.165, 1.54) is 23.8 Å². The van der Waals surface area contributed by atoms with Gasteiger partial charge in [-0.05, 0) is 37.1 Å². The first kappa shape index (κ1) is 22.2. The molecule has 2 rings (SSSR count). The molecule has 1 aromatic carbocycles. The molecule has 0 radical (unpaired) electrons. The number of anilines is 1. The van der Waals surface area contributed by atoms with Crippen molar-refractivity contribution in [2.45, 2.75) is 55.6 Å². The summed E-state index contributed by atoms with van der Waals surface area (Å²) in [6.07, 6.45) is -1.14. The molecule has 0 unspecified atom stereocenters. The van der Waals surface area contributed by atoms with Crippen LogP contribution in [-0.2, 0) is 19.6 Å². The first-order valence-electron chi connectivity index (χ1n) is 8.70. The van der Waals surface area contributed by atoms with Crippen molar-refractivity contribution in [3.63, 3.8) is 0 Å². The van der Waals surface area contributed by atoms with E-state index in [2.05, 4.69) is 10.6 Å². The van der Waals surface area contributed by atoms with Crippen molar-refractivity contribution in [3.8, 4) is 0 Å². The maximum Gasteiger partial charge on any atom is 0.402 e. The lowest BCUT2D eigenvalue weighted by Gasteiger charge is -2.36. The van der Waals surface area contributed by atoms with Gasteiger partial charge in [0, 0.05) is 12.6 Å². The quantitative estimate of drug-likeness (QED) is 0.656. The highest BCUT2D eigenvalue weighted by molar-refractivity contribution is 7.89. The molecule has 2 amide bonds. The second-order valence-corrected chi connectivity index (χ2v) is 8.51. The number of alkyl halides is 3. The molecule has 1 aromatic rings. The average molecular weight is 421 g/mol. The maximum atomic E-state index is 12.7. The van der Waals surface area contributed by atoms with E-state index in [1.807, 2.05) is 0 Å². The summed E-state index contributed by atoms with van der Waals surface area (Å²) >= 11 is 0. The average Bonchev–Trinajstić information content (AvgIpc) is 2.60. The monoisotopic (exact) mass is 421 g/mol. The van der Waals surface area contributed by atoms with Crippen LogP contribution in [0.25, 0.3) is 0 Å². The van der Waals surface area contributed by atoms with Gasteiger partial charge in [-0.3, -0.25) is 9.59 Å². The molecule has 0 heterocycles. The number of rotatable bonds is 6. The Kier molecular flexibility index (Phi) is 6.71. The van der Waals surface area contributed by atoms with Crippen molar-refractivity contribution in [2.24, 2.45) is 0 Å². The molecule has 1 aliphatic carbocycles. The van der Waals surface area contributed by atoms with Gasteiger partial charge in [0.2, 0.25) is 21.8 Å². The van der Waals surface area contributed by atoms with Gasteiger partial charge >= 0.3 is 6.18 Å². The van der Waals surface area contributed by atoms with Crippen LogP contribution in [0.3, 0.4) is 0 Å². The van der Waals surface area contributed by atoms with Crippen LogP contribution < -0.4 is 15.4 Å². The van der Waals surface area contributed by atoms with Crippen molar-refractivity contribution in [1.82, 2.24) is 10.0 Å². The molecule has 0 atom stereocenters. The number of hydrogen-bond acceptors (Lipinski definition) is 4. The van der Waals surface area contributed by atoms with E-state index < -0.39 is 34.2 Å². The number of hydrogen-bond donors (Lipinski definition) is 3. The summed E-state index contributed by atoms with van der Waals surface area (Å²) in [5, 5.41) is 5.36. The van der Waals surface area contributed by atoms with E-state index in [4.69, 9.17) is 0 Å². The van der Waals surface area contributed by atoms with Gasteiger partial charge in [0.25, 0.3) is 0 Å². The van der Waals surface area contributed by atoms with Crippen molar-refractivity contribution >= 4 is 27.5 Å². The van der Waals surface area contributed by atoms with Gasteiger partial charge in [-0.2, -0.15) is 13.2 Å². The second kappa shape index (κ2) is 8.48.